The van der Waals surface area contributed by atoms with Crippen molar-refractivity contribution in [2.45, 2.75) is 33.4 Å². The zero-order valence-electron chi connectivity index (χ0n) is 30.1. The molecular formula is C43H41Cl2FN4O4. The van der Waals surface area contributed by atoms with Crippen LogP contribution in [0.1, 0.15) is 38.9 Å². The molecule has 1 aromatic heterocycles. The van der Waals surface area contributed by atoms with Gasteiger partial charge in [-0.1, -0.05) is 35.9 Å². The Labute approximate surface area is 326 Å². The number of aryl methyl sites for hydroxylation is 2. The Morgan fingerprint density at radius 2 is 1.57 bits per heavy atom. The molecule has 0 radical (unpaired) electrons. The van der Waals surface area contributed by atoms with Crippen LogP contribution in [0.2, 0.25) is 5.02 Å². The summed E-state index contributed by atoms with van der Waals surface area (Å²) in [5.41, 5.74) is 5.82. The van der Waals surface area contributed by atoms with Crippen LogP contribution >= 0.6 is 24.0 Å². The molecule has 1 fully saturated rings. The van der Waals surface area contributed by atoms with Crippen LogP contribution in [0.3, 0.4) is 0 Å². The standard InChI is InChI=1S/C43H40ClFN4O4.ClH/c1-30-23-34(24-31(2)43(30)53-41-15-14-39(27-47-41)52-29-33-5-3-32(26-46)4-6-33)8-16-42(50)49-20-18-48(19-21-49)28-35-7-9-36(40(45)25-35)17-22-51-38-12-10-37(44)11-13-38;/h3-16,23-25,27H,17-22,28-29H2,1-2H3;1H. The van der Waals surface area contributed by atoms with E-state index in [9.17, 15) is 9.18 Å². The molecule has 5 aromatic rings. The summed E-state index contributed by atoms with van der Waals surface area (Å²) in [5.74, 6) is 2.18. The van der Waals surface area contributed by atoms with Crippen LogP contribution in [0.25, 0.3) is 6.08 Å². The zero-order valence-corrected chi connectivity index (χ0v) is 31.7. The largest absolute Gasteiger partial charge is 0.493 e. The lowest BCUT2D eigenvalue weighted by Gasteiger charge is -2.34. The fourth-order valence-electron chi connectivity index (χ4n) is 6.06. The molecule has 278 valence electrons. The van der Waals surface area contributed by atoms with Gasteiger partial charge in [-0.15, -0.1) is 12.4 Å². The number of piperazine rings is 1. The number of hydrogen-bond donors (Lipinski definition) is 0. The number of rotatable bonds is 13. The molecule has 0 bridgehead atoms. The predicted molar refractivity (Wildman–Crippen MR) is 211 cm³/mol. The Morgan fingerprint density at radius 3 is 2.22 bits per heavy atom. The van der Waals surface area contributed by atoms with Gasteiger partial charge in [0.25, 0.3) is 0 Å². The summed E-state index contributed by atoms with van der Waals surface area (Å²) in [6, 6.07) is 29.4. The lowest BCUT2D eigenvalue weighted by atomic mass is 10.1. The summed E-state index contributed by atoms with van der Waals surface area (Å²) in [6.45, 7) is 7.90. The van der Waals surface area contributed by atoms with E-state index < -0.39 is 0 Å². The summed E-state index contributed by atoms with van der Waals surface area (Å²) in [4.78, 5) is 21.6. The van der Waals surface area contributed by atoms with E-state index in [1.807, 2.05) is 61.2 Å². The van der Waals surface area contributed by atoms with Gasteiger partial charge in [0.1, 0.15) is 29.7 Å². The first-order valence-electron chi connectivity index (χ1n) is 17.4. The van der Waals surface area contributed by atoms with E-state index in [2.05, 4.69) is 16.0 Å². The quantitative estimate of drug-likeness (QED) is 0.111. The van der Waals surface area contributed by atoms with Gasteiger partial charge in [-0.25, -0.2) is 9.37 Å². The minimum atomic E-state index is -0.236. The minimum Gasteiger partial charge on any atom is -0.493 e. The molecule has 8 nitrogen and oxygen atoms in total. The van der Waals surface area contributed by atoms with Gasteiger partial charge in [0, 0.05) is 56.3 Å². The van der Waals surface area contributed by atoms with Crippen LogP contribution in [-0.4, -0.2) is 53.5 Å². The highest BCUT2D eigenvalue weighted by atomic mass is 35.5. The van der Waals surface area contributed by atoms with Gasteiger partial charge in [0.2, 0.25) is 11.8 Å². The molecule has 54 heavy (non-hydrogen) atoms. The molecular weight excluding hydrogens is 726 g/mol. The average Bonchev–Trinajstić information content (AvgIpc) is 3.17. The summed E-state index contributed by atoms with van der Waals surface area (Å²) in [6.07, 6.45) is 5.54. The molecule has 0 aliphatic carbocycles. The van der Waals surface area contributed by atoms with E-state index in [0.29, 0.717) is 91.6 Å². The van der Waals surface area contributed by atoms with E-state index in [-0.39, 0.29) is 24.1 Å². The molecule has 1 aliphatic rings. The highest BCUT2D eigenvalue weighted by molar-refractivity contribution is 6.30. The molecule has 0 saturated carbocycles. The van der Waals surface area contributed by atoms with E-state index in [4.69, 9.17) is 31.1 Å². The van der Waals surface area contributed by atoms with Gasteiger partial charge in [-0.2, -0.15) is 5.26 Å². The fourth-order valence-corrected chi connectivity index (χ4v) is 6.19. The summed E-state index contributed by atoms with van der Waals surface area (Å²) >= 11 is 5.91. The normalized spacial score (nSPS) is 12.9. The van der Waals surface area contributed by atoms with Gasteiger partial charge < -0.3 is 19.1 Å². The number of carbonyl (C=O) groups excluding carboxylic acids is 1. The van der Waals surface area contributed by atoms with Crippen molar-refractivity contribution in [3.63, 3.8) is 0 Å². The van der Waals surface area contributed by atoms with E-state index in [0.717, 1.165) is 27.8 Å². The van der Waals surface area contributed by atoms with Gasteiger partial charge in [0.05, 0.1) is 24.4 Å². The molecule has 4 aromatic carbocycles. The summed E-state index contributed by atoms with van der Waals surface area (Å²) in [7, 11) is 0. The number of nitriles is 1. The van der Waals surface area contributed by atoms with Crippen LogP contribution in [0.4, 0.5) is 4.39 Å². The molecule has 0 N–H and O–H groups in total. The van der Waals surface area contributed by atoms with Gasteiger partial charge >= 0.3 is 0 Å². The second-order valence-electron chi connectivity index (χ2n) is 12.9. The molecule has 11 heteroatoms. The molecule has 6 rings (SSSR count). The number of aromatic nitrogens is 1. The Kier molecular flexibility index (Phi) is 14.1. The molecule has 2 heterocycles. The van der Waals surface area contributed by atoms with Gasteiger partial charge in [-0.05, 0) is 114 Å². The van der Waals surface area contributed by atoms with Crippen LogP contribution in [0, 0.1) is 31.0 Å². The first kappa shape index (κ1) is 39.8. The van der Waals surface area contributed by atoms with Gasteiger partial charge in [-0.3, -0.25) is 9.69 Å². The Hall–Kier alpha value is -5.40. The SMILES string of the molecule is Cc1cc(C=CC(=O)N2CCN(Cc3ccc(CCOc4ccc(Cl)cc4)c(F)c3)CC2)cc(C)c1Oc1ccc(OCc2ccc(C#N)cc2)cn1.Cl. The average molecular weight is 768 g/mol. The topological polar surface area (TPSA) is 87.9 Å². The van der Waals surface area contributed by atoms with Crippen molar-refractivity contribution in [2.75, 3.05) is 32.8 Å². The molecule has 0 atom stereocenters. The number of benzene rings is 4. The number of nitrogens with zero attached hydrogens (tertiary/aromatic N) is 4. The maximum atomic E-state index is 14.9. The number of amides is 1. The van der Waals surface area contributed by atoms with Crippen molar-refractivity contribution in [3.8, 4) is 29.2 Å². The summed E-state index contributed by atoms with van der Waals surface area (Å²) in [5, 5.41) is 9.60. The molecule has 0 spiro atoms. The number of carbonyl (C=O) groups is 1. The Bertz CT molecular complexity index is 2070. The molecule has 1 amide bonds. The van der Waals surface area contributed by atoms with Crippen molar-refractivity contribution >= 4 is 36.0 Å². The monoisotopic (exact) mass is 766 g/mol. The van der Waals surface area contributed by atoms with E-state index >= 15 is 0 Å². The first-order chi connectivity index (χ1) is 25.7. The van der Waals surface area contributed by atoms with Crippen LogP contribution in [0.5, 0.6) is 23.1 Å². The van der Waals surface area contributed by atoms with Crippen LogP contribution < -0.4 is 14.2 Å². The second kappa shape index (κ2) is 19.1. The third-order valence-corrected chi connectivity index (χ3v) is 9.22. The number of halogens is 3. The maximum Gasteiger partial charge on any atom is 0.246 e. The highest BCUT2D eigenvalue weighted by Crippen LogP contribution is 2.30. The number of ether oxygens (including phenoxy) is 3. The first-order valence-corrected chi connectivity index (χ1v) is 17.8. The van der Waals surface area contributed by atoms with Crippen molar-refractivity contribution < 1.29 is 23.4 Å². The number of pyridine rings is 1. The van der Waals surface area contributed by atoms with Crippen molar-refractivity contribution in [2.24, 2.45) is 0 Å². The predicted octanol–water partition coefficient (Wildman–Crippen LogP) is 9.13. The van der Waals surface area contributed by atoms with Gasteiger partial charge in [0.15, 0.2) is 0 Å². The smallest absolute Gasteiger partial charge is 0.246 e. The maximum absolute atomic E-state index is 14.9. The third kappa shape index (κ3) is 11.1. The minimum absolute atomic E-state index is 0. The second-order valence-corrected chi connectivity index (χ2v) is 13.4. The summed E-state index contributed by atoms with van der Waals surface area (Å²) < 4.78 is 32.5. The van der Waals surface area contributed by atoms with Crippen molar-refractivity contribution in [1.29, 1.82) is 5.26 Å². The lowest BCUT2D eigenvalue weighted by Crippen LogP contribution is -2.47. The fraction of sp³-hybridized carbons (Fsp3) is 0.233. The van der Waals surface area contributed by atoms with E-state index in [1.165, 1.54) is 0 Å². The Balaban J connectivity index is 0.00000561. The highest BCUT2D eigenvalue weighted by Gasteiger charge is 2.20. The molecule has 1 saturated heterocycles. The van der Waals surface area contributed by atoms with Crippen LogP contribution in [-0.2, 0) is 24.4 Å². The zero-order chi connectivity index (χ0) is 37.2. The van der Waals surface area contributed by atoms with E-state index in [1.54, 1.807) is 66.9 Å². The lowest BCUT2D eigenvalue weighted by molar-refractivity contribution is -0.127. The number of hydrogen-bond acceptors (Lipinski definition) is 7. The van der Waals surface area contributed by atoms with Crippen LogP contribution in [0.15, 0.2) is 103 Å². The molecule has 1 aliphatic heterocycles. The van der Waals surface area contributed by atoms with Crippen molar-refractivity contribution in [3.05, 3.63) is 153 Å². The molecule has 0 unspecified atom stereocenters. The van der Waals surface area contributed by atoms with Crippen molar-refractivity contribution in [1.82, 2.24) is 14.8 Å². The third-order valence-electron chi connectivity index (χ3n) is 8.97. The Morgan fingerprint density at radius 1 is 0.889 bits per heavy atom.